The van der Waals surface area contributed by atoms with Gasteiger partial charge < -0.3 is 10.0 Å². The first-order valence-electron chi connectivity index (χ1n) is 7.39. The predicted octanol–water partition coefficient (Wildman–Crippen LogP) is 2.46. The number of alkyl halides is 2. The number of carbonyl (C=O) groups excluding carboxylic acids is 1. The highest BCUT2D eigenvalue weighted by Crippen LogP contribution is 2.49. The fourth-order valence-electron chi connectivity index (χ4n) is 3.73. The monoisotopic (exact) mass is 324 g/mol. The van der Waals surface area contributed by atoms with Crippen molar-refractivity contribution in [3.05, 3.63) is 35.1 Å². The van der Waals surface area contributed by atoms with Crippen LogP contribution in [0.25, 0.3) is 0 Å². The number of rotatable bonds is 1. The molecule has 3 rings (SSSR count). The van der Waals surface area contributed by atoms with Crippen LogP contribution in [0.1, 0.15) is 41.6 Å². The van der Waals surface area contributed by atoms with E-state index in [1.807, 2.05) is 0 Å². The fraction of sp³-hybridized carbons (Fsp3) is 0.500. The van der Waals surface area contributed by atoms with E-state index in [0.29, 0.717) is 12.8 Å². The third-order valence-electron chi connectivity index (χ3n) is 4.80. The molecule has 0 radical (unpaired) electrons. The van der Waals surface area contributed by atoms with Crippen molar-refractivity contribution in [2.24, 2.45) is 0 Å². The molecule has 4 nitrogen and oxygen atoms in total. The molecule has 1 aromatic carbocycles. The summed E-state index contributed by atoms with van der Waals surface area (Å²) in [7, 11) is 0. The van der Waals surface area contributed by atoms with Gasteiger partial charge in [-0.05, 0) is 31.0 Å². The summed E-state index contributed by atoms with van der Waals surface area (Å²) in [5.74, 6) is -4.95. The van der Waals surface area contributed by atoms with Gasteiger partial charge in [0.05, 0.1) is 23.7 Å². The summed E-state index contributed by atoms with van der Waals surface area (Å²) in [6.45, 7) is -0.897. The van der Waals surface area contributed by atoms with Crippen LogP contribution in [-0.4, -0.2) is 40.0 Å². The lowest BCUT2D eigenvalue weighted by atomic mass is 9.89. The molecule has 0 bridgehead atoms. The Morgan fingerprint density at radius 1 is 1.30 bits per heavy atom. The number of aliphatic hydroxyl groups is 1. The smallest absolute Gasteiger partial charge is 0.292 e. The number of amides is 1. The largest absolute Gasteiger partial charge is 0.384 e. The summed E-state index contributed by atoms with van der Waals surface area (Å²) >= 11 is 0. The molecule has 1 amide bonds. The maximum Gasteiger partial charge on any atom is 0.292 e. The molecule has 1 spiro atoms. The van der Waals surface area contributed by atoms with Gasteiger partial charge in [-0.2, -0.15) is 5.26 Å². The zero-order valence-electron chi connectivity index (χ0n) is 12.2. The molecule has 1 atom stereocenters. The second-order valence-electron chi connectivity index (χ2n) is 6.21. The van der Waals surface area contributed by atoms with Crippen molar-refractivity contribution in [2.75, 3.05) is 6.54 Å². The first kappa shape index (κ1) is 15.8. The van der Waals surface area contributed by atoms with Crippen LogP contribution in [-0.2, 0) is 0 Å². The molecular formula is C16H15F3N2O2. The van der Waals surface area contributed by atoms with Crippen LogP contribution in [0.5, 0.6) is 0 Å². The molecule has 1 heterocycles. The minimum Gasteiger partial charge on any atom is -0.384 e. The molecule has 1 aliphatic carbocycles. The Labute approximate surface area is 131 Å². The Bertz CT molecular complexity index is 693. The average molecular weight is 324 g/mol. The van der Waals surface area contributed by atoms with Gasteiger partial charge in [-0.15, -0.1) is 0 Å². The molecule has 1 aliphatic heterocycles. The topological polar surface area (TPSA) is 64.3 Å². The molecule has 7 heteroatoms. The Balaban J connectivity index is 2.02. The van der Waals surface area contributed by atoms with Crippen molar-refractivity contribution in [3.8, 4) is 6.07 Å². The predicted molar refractivity (Wildman–Crippen MR) is 74.3 cm³/mol. The van der Waals surface area contributed by atoms with Crippen LogP contribution in [0, 0.1) is 17.1 Å². The summed E-state index contributed by atoms with van der Waals surface area (Å²) in [6, 6.07) is 4.80. The van der Waals surface area contributed by atoms with Crippen LogP contribution in [0.4, 0.5) is 13.2 Å². The van der Waals surface area contributed by atoms with E-state index in [9.17, 15) is 23.1 Å². The van der Waals surface area contributed by atoms with Crippen molar-refractivity contribution in [2.45, 2.75) is 43.2 Å². The zero-order chi connectivity index (χ0) is 16.8. The summed E-state index contributed by atoms with van der Waals surface area (Å²) in [6.07, 6.45) is -0.0655. The van der Waals surface area contributed by atoms with Crippen LogP contribution >= 0.6 is 0 Å². The van der Waals surface area contributed by atoms with Crippen LogP contribution < -0.4 is 0 Å². The minimum atomic E-state index is -3.40. The molecule has 1 saturated carbocycles. The van der Waals surface area contributed by atoms with Gasteiger partial charge in [0.15, 0.2) is 0 Å². The minimum absolute atomic E-state index is 0.0553. The van der Waals surface area contributed by atoms with Crippen molar-refractivity contribution >= 4 is 5.91 Å². The van der Waals surface area contributed by atoms with E-state index in [-0.39, 0.29) is 24.0 Å². The Morgan fingerprint density at radius 3 is 2.57 bits per heavy atom. The third kappa shape index (κ3) is 2.38. The van der Waals surface area contributed by atoms with E-state index < -0.39 is 35.8 Å². The van der Waals surface area contributed by atoms with Gasteiger partial charge in [0.2, 0.25) is 0 Å². The standard InChI is InChI=1S/C16H15F3N2O2/c17-12-6-10(8-20)5-11(7-12)13(22)21-9-16(18,19)14(23)15(21)3-1-2-4-15/h5-7,14,23H,1-4,9H2. The van der Waals surface area contributed by atoms with Crippen molar-refractivity contribution in [1.82, 2.24) is 4.90 Å². The number of carbonyl (C=O) groups is 1. The maximum absolute atomic E-state index is 14.0. The van der Waals surface area contributed by atoms with Crippen molar-refractivity contribution < 1.29 is 23.1 Å². The summed E-state index contributed by atoms with van der Waals surface area (Å²) < 4.78 is 41.6. The van der Waals surface area contributed by atoms with Crippen LogP contribution in [0.2, 0.25) is 0 Å². The van der Waals surface area contributed by atoms with Gasteiger partial charge in [-0.25, -0.2) is 13.2 Å². The van der Waals surface area contributed by atoms with Gasteiger partial charge in [0.1, 0.15) is 11.9 Å². The molecule has 2 fully saturated rings. The van der Waals surface area contributed by atoms with Gasteiger partial charge in [0, 0.05) is 5.56 Å². The molecule has 0 aromatic heterocycles. The van der Waals surface area contributed by atoms with Gasteiger partial charge in [-0.1, -0.05) is 12.8 Å². The molecule has 2 aliphatic rings. The number of halogens is 3. The second-order valence-corrected chi connectivity index (χ2v) is 6.21. The lowest BCUT2D eigenvalue weighted by molar-refractivity contribution is -0.0959. The molecule has 122 valence electrons. The Morgan fingerprint density at radius 2 is 1.96 bits per heavy atom. The number of hydrogen-bond donors (Lipinski definition) is 1. The van der Waals surface area contributed by atoms with Crippen LogP contribution in [0.3, 0.4) is 0 Å². The highest BCUT2D eigenvalue weighted by atomic mass is 19.3. The van der Waals surface area contributed by atoms with E-state index in [2.05, 4.69) is 0 Å². The molecule has 23 heavy (non-hydrogen) atoms. The Kier molecular flexibility index (Phi) is 3.60. The molecule has 1 saturated heterocycles. The molecule has 1 aromatic rings. The average Bonchev–Trinajstić information content (AvgIpc) is 3.07. The summed E-state index contributed by atoms with van der Waals surface area (Å²) in [5.41, 5.74) is -1.52. The quantitative estimate of drug-likeness (QED) is 0.863. The van der Waals surface area contributed by atoms with Gasteiger partial charge in [0.25, 0.3) is 11.8 Å². The lowest BCUT2D eigenvalue weighted by Gasteiger charge is -2.36. The third-order valence-corrected chi connectivity index (χ3v) is 4.80. The molecule has 1 N–H and O–H groups in total. The van der Waals surface area contributed by atoms with E-state index in [1.165, 1.54) is 6.07 Å². The normalized spacial score (nSPS) is 24.8. The van der Waals surface area contributed by atoms with Crippen molar-refractivity contribution in [1.29, 1.82) is 5.26 Å². The fourth-order valence-corrected chi connectivity index (χ4v) is 3.73. The van der Waals surface area contributed by atoms with Crippen LogP contribution in [0.15, 0.2) is 18.2 Å². The number of nitrogens with zero attached hydrogens (tertiary/aromatic N) is 2. The van der Waals surface area contributed by atoms with E-state index >= 15 is 0 Å². The first-order valence-corrected chi connectivity index (χ1v) is 7.39. The second kappa shape index (κ2) is 5.24. The number of hydrogen-bond acceptors (Lipinski definition) is 3. The summed E-state index contributed by atoms with van der Waals surface area (Å²) in [5, 5.41) is 18.9. The van der Waals surface area contributed by atoms with Gasteiger partial charge in [-0.3, -0.25) is 4.79 Å². The zero-order valence-corrected chi connectivity index (χ0v) is 12.2. The lowest BCUT2D eigenvalue weighted by Crippen LogP contribution is -2.51. The Hall–Kier alpha value is -2.07. The molecular weight excluding hydrogens is 309 g/mol. The van der Waals surface area contributed by atoms with E-state index in [0.717, 1.165) is 17.0 Å². The molecule has 1 unspecified atom stereocenters. The number of benzene rings is 1. The van der Waals surface area contributed by atoms with Crippen molar-refractivity contribution in [3.63, 3.8) is 0 Å². The number of aliphatic hydroxyl groups excluding tert-OH is 1. The van der Waals surface area contributed by atoms with Gasteiger partial charge >= 0.3 is 0 Å². The van der Waals surface area contributed by atoms with E-state index in [4.69, 9.17) is 5.26 Å². The summed E-state index contributed by atoms with van der Waals surface area (Å²) in [4.78, 5) is 13.6. The number of likely N-dealkylation sites (tertiary alicyclic amines) is 1. The highest BCUT2D eigenvalue weighted by molar-refractivity contribution is 5.95. The maximum atomic E-state index is 14.0. The number of nitriles is 1. The highest BCUT2D eigenvalue weighted by Gasteiger charge is 2.64. The first-order chi connectivity index (χ1) is 10.8. The van der Waals surface area contributed by atoms with E-state index in [1.54, 1.807) is 6.07 Å². The SMILES string of the molecule is N#Cc1cc(F)cc(C(=O)N2CC(F)(F)C(O)C23CCCC3)c1.